The number of rotatable bonds is 8. The van der Waals surface area contributed by atoms with Crippen molar-refractivity contribution in [3.63, 3.8) is 0 Å². The molecule has 0 aliphatic rings. The van der Waals surface area contributed by atoms with Crippen LogP contribution in [0.1, 0.15) is 5.56 Å². The third kappa shape index (κ3) is 5.65. The zero-order chi connectivity index (χ0) is 18.1. The van der Waals surface area contributed by atoms with Gasteiger partial charge in [0, 0.05) is 12.1 Å². The average molecular weight is 343 g/mol. The number of nitro benzene ring substituents is 1. The van der Waals surface area contributed by atoms with Crippen molar-refractivity contribution in [1.82, 2.24) is 0 Å². The lowest BCUT2D eigenvalue weighted by atomic mass is 10.1. The monoisotopic (exact) mass is 343 g/mol. The van der Waals surface area contributed by atoms with Gasteiger partial charge in [-0.15, -0.1) is 0 Å². The molecular weight excluding hydrogens is 326 g/mol. The van der Waals surface area contributed by atoms with Crippen molar-refractivity contribution in [1.29, 1.82) is 0 Å². The second-order valence-corrected chi connectivity index (χ2v) is 4.84. The lowest BCUT2D eigenvalue weighted by Crippen LogP contribution is -2.10. The van der Waals surface area contributed by atoms with Crippen LogP contribution in [0.4, 0.5) is 5.69 Å². The summed E-state index contributed by atoms with van der Waals surface area (Å²) in [5, 5.41) is 10.9. The summed E-state index contributed by atoms with van der Waals surface area (Å²) in [6.07, 6.45) is 2.50. The van der Waals surface area contributed by atoms with Gasteiger partial charge in [0.05, 0.1) is 17.6 Å². The number of carbonyl (C=O) groups excluding carboxylic acids is 1. The van der Waals surface area contributed by atoms with Crippen LogP contribution in [0.5, 0.6) is 11.5 Å². The molecule has 0 aromatic heterocycles. The van der Waals surface area contributed by atoms with Crippen molar-refractivity contribution < 1.29 is 23.9 Å². The van der Waals surface area contributed by atoms with Crippen LogP contribution in [0.3, 0.4) is 0 Å². The summed E-state index contributed by atoms with van der Waals surface area (Å²) in [5.41, 5.74) is 0.258. The molecule has 0 heterocycles. The highest BCUT2D eigenvalue weighted by molar-refractivity contribution is 5.87. The van der Waals surface area contributed by atoms with Crippen molar-refractivity contribution in [3.05, 3.63) is 70.3 Å². The lowest BCUT2D eigenvalue weighted by Gasteiger charge is -2.07. The van der Waals surface area contributed by atoms with E-state index in [9.17, 15) is 14.9 Å². The zero-order valence-corrected chi connectivity index (χ0v) is 13.6. The van der Waals surface area contributed by atoms with E-state index in [2.05, 4.69) is 0 Å². The smallest absolute Gasteiger partial charge is 0.330 e. The molecule has 25 heavy (non-hydrogen) atoms. The minimum atomic E-state index is -0.600. The fraction of sp³-hybridized carbons (Fsp3) is 0.167. The Kier molecular flexibility index (Phi) is 6.53. The molecule has 2 aromatic carbocycles. The van der Waals surface area contributed by atoms with Crippen LogP contribution in [-0.4, -0.2) is 31.2 Å². The standard InChI is InChI=1S/C18H17NO6/c1-23-15-7-9-16(10-8-15)24-12-13-25-18(20)11-6-14-4-2-3-5-17(14)19(21)22/h2-11H,12-13H2,1H3/b11-6+. The molecule has 2 rings (SSSR count). The Morgan fingerprint density at radius 3 is 2.44 bits per heavy atom. The number of methoxy groups -OCH3 is 1. The van der Waals surface area contributed by atoms with E-state index < -0.39 is 10.9 Å². The van der Waals surface area contributed by atoms with Gasteiger partial charge in [-0.05, 0) is 36.4 Å². The van der Waals surface area contributed by atoms with Crippen LogP contribution in [0, 0.1) is 10.1 Å². The summed E-state index contributed by atoms with van der Waals surface area (Å²) >= 11 is 0. The molecule has 0 aliphatic carbocycles. The fourth-order valence-electron chi connectivity index (χ4n) is 1.97. The van der Waals surface area contributed by atoms with E-state index in [1.165, 1.54) is 12.1 Å². The normalized spacial score (nSPS) is 10.4. The average Bonchev–Trinajstić information content (AvgIpc) is 2.64. The maximum atomic E-state index is 11.6. The number of hydrogen-bond donors (Lipinski definition) is 0. The molecule has 7 nitrogen and oxygen atoms in total. The van der Waals surface area contributed by atoms with Gasteiger partial charge in [0.1, 0.15) is 24.7 Å². The van der Waals surface area contributed by atoms with Gasteiger partial charge in [0.25, 0.3) is 5.69 Å². The minimum absolute atomic E-state index is 0.0616. The molecule has 7 heteroatoms. The first-order valence-corrected chi connectivity index (χ1v) is 7.45. The van der Waals surface area contributed by atoms with E-state index in [0.29, 0.717) is 11.3 Å². The van der Waals surface area contributed by atoms with E-state index in [-0.39, 0.29) is 18.9 Å². The quantitative estimate of drug-likeness (QED) is 0.240. The summed E-state index contributed by atoms with van der Waals surface area (Å²) in [7, 11) is 1.58. The molecule has 0 aliphatic heterocycles. The Bertz CT molecular complexity index is 754. The number of benzene rings is 2. The van der Waals surface area contributed by atoms with Crippen molar-refractivity contribution in [2.24, 2.45) is 0 Å². The number of esters is 1. The highest BCUT2D eigenvalue weighted by atomic mass is 16.6. The summed E-state index contributed by atoms with van der Waals surface area (Å²) < 4.78 is 15.4. The summed E-state index contributed by atoms with van der Waals surface area (Å²) in [6, 6.07) is 13.1. The van der Waals surface area contributed by atoms with Crippen LogP contribution >= 0.6 is 0 Å². The zero-order valence-electron chi connectivity index (χ0n) is 13.6. The predicted molar refractivity (Wildman–Crippen MR) is 91.6 cm³/mol. The van der Waals surface area contributed by atoms with Gasteiger partial charge >= 0.3 is 5.97 Å². The Morgan fingerprint density at radius 1 is 1.08 bits per heavy atom. The third-order valence-electron chi connectivity index (χ3n) is 3.19. The number of ether oxygens (including phenoxy) is 3. The number of nitrogens with zero attached hydrogens (tertiary/aromatic N) is 1. The highest BCUT2D eigenvalue weighted by Crippen LogP contribution is 2.19. The Balaban J connectivity index is 1.78. The van der Waals surface area contributed by atoms with Gasteiger partial charge in [-0.1, -0.05) is 12.1 Å². The van der Waals surface area contributed by atoms with E-state index in [0.717, 1.165) is 11.8 Å². The van der Waals surface area contributed by atoms with E-state index in [1.54, 1.807) is 49.6 Å². The largest absolute Gasteiger partial charge is 0.497 e. The summed E-state index contributed by atoms with van der Waals surface area (Å²) in [6.45, 7) is 0.253. The molecule has 0 saturated heterocycles. The fourth-order valence-corrected chi connectivity index (χ4v) is 1.97. The van der Waals surface area contributed by atoms with Crippen LogP contribution in [0.25, 0.3) is 6.08 Å². The maximum Gasteiger partial charge on any atom is 0.330 e. The van der Waals surface area contributed by atoms with E-state index in [1.807, 2.05) is 0 Å². The van der Waals surface area contributed by atoms with Gasteiger partial charge in [0.15, 0.2) is 0 Å². The predicted octanol–water partition coefficient (Wildman–Crippen LogP) is 3.24. The van der Waals surface area contributed by atoms with Crippen molar-refractivity contribution in [3.8, 4) is 11.5 Å². The Hall–Kier alpha value is -3.35. The van der Waals surface area contributed by atoms with Crippen molar-refractivity contribution in [2.45, 2.75) is 0 Å². The molecule has 130 valence electrons. The first-order chi connectivity index (χ1) is 12.1. The maximum absolute atomic E-state index is 11.6. The van der Waals surface area contributed by atoms with Crippen LogP contribution in [-0.2, 0) is 9.53 Å². The molecule has 0 fully saturated rings. The van der Waals surface area contributed by atoms with Crippen LogP contribution in [0.15, 0.2) is 54.6 Å². The first kappa shape index (κ1) is 18.0. The molecule has 0 N–H and O–H groups in total. The van der Waals surface area contributed by atoms with Crippen LogP contribution in [0.2, 0.25) is 0 Å². The molecule has 0 spiro atoms. The second-order valence-electron chi connectivity index (χ2n) is 4.84. The van der Waals surface area contributed by atoms with Crippen molar-refractivity contribution >= 4 is 17.7 Å². The number of para-hydroxylation sites is 1. The highest BCUT2D eigenvalue weighted by Gasteiger charge is 2.09. The number of hydrogen-bond acceptors (Lipinski definition) is 6. The first-order valence-electron chi connectivity index (χ1n) is 7.45. The molecule has 0 bridgehead atoms. The van der Waals surface area contributed by atoms with E-state index in [4.69, 9.17) is 14.2 Å². The lowest BCUT2D eigenvalue weighted by molar-refractivity contribution is -0.385. The topological polar surface area (TPSA) is 87.9 Å². The van der Waals surface area contributed by atoms with E-state index >= 15 is 0 Å². The molecule has 0 saturated carbocycles. The second kappa shape index (κ2) is 9.07. The molecule has 0 atom stereocenters. The molecular formula is C18H17NO6. The Morgan fingerprint density at radius 2 is 1.76 bits per heavy atom. The third-order valence-corrected chi connectivity index (χ3v) is 3.19. The van der Waals surface area contributed by atoms with Gasteiger partial charge in [-0.3, -0.25) is 10.1 Å². The summed E-state index contributed by atoms with van der Waals surface area (Å²) in [4.78, 5) is 22.0. The van der Waals surface area contributed by atoms with Gasteiger partial charge < -0.3 is 14.2 Å². The minimum Gasteiger partial charge on any atom is -0.497 e. The molecule has 0 amide bonds. The number of nitro groups is 1. The van der Waals surface area contributed by atoms with Gasteiger partial charge in [-0.25, -0.2) is 4.79 Å². The number of carbonyl (C=O) groups is 1. The SMILES string of the molecule is COc1ccc(OCCOC(=O)/C=C/c2ccccc2[N+](=O)[O-])cc1. The van der Waals surface area contributed by atoms with Crippen LogP contribution < -0.4 is 9.47 Å². The summed E-state index contributed by atoms with van der Waals surface area (Å²) in [5.74, 6) is 0.753. The molecule has 0 radical (unpaired) electrons. The van der Waals surface area contributed by atoms with Crippen molar-refractivity contribution in [2.75, 3.05) is 20.3 Å². The van der Waals surface area contributed by atoms with Gasteiger partial charge in [-0.2, -0.15) is 0 Å². The molecule has 2 aromatic rings. The Labute approximate surface area is 144 Å². The van der Waals surface area contributed by atoms with Gasteiger partial charge in [0.2, 0.25) is 0 Å². The molecule has 0 unspecified atom stereocenters.